The minimum atomic E-state index is -0.663. The third-order valence-electron chi connectivity index (χ3n) is 3.94. The maximum atomic E-state index is 11.0. The van der Waals surface area contributed by atoms with Crippen molar-refractivity contribution in [1.82, 2.24) is 5.16 Å². The molecule has 0 unspecified atom stereocenters. The highest BCUT2D eigenvalue weighted by Gasteiger charge is 2.19. The summed E-state index contributed by atoms with van der Waals surface area (Å²) in [6, 6.07) is 7.06. The van der Waals surface area contributed by atoms with Gasteiger partial charge in [-0.3, -0.25) is 4.79 Å². The highest BCUT2D eigenvalue weighted by molar-refractivity contribution is 5.78. The number of aryl methyl sites for hydroxylation is 1. The number of aromatic nitrogens is 1. The molecule has 0 bridgehead atoms. The Balaban J connectivity index is 1.58. The van der Waals surface area contributed by atoms with Crippen LogP contribution in [0.5, 0.6) is 11.5 Å². The lowest BCUT2D eigenvalue weighted by Gasteiger charge is -2.12. The van der Waals surface area contributed by atoms with Crippen molar-refractivity contribution in [1.29, 1.82) is 0 Å². The van der Waals surface area contributed by atoms with Crippen molar-refractivity contribution in [2.75, 3.05) is 0 Å². The van der Waals surface area contributed by atoms with Gasteiger partial charge in [0.1, 0.15) is 29.6 Å². The zero-order valence-corrected chi connectivity index (χ0v) is 13.1. The quantitative estimate of drug-likeness (QED) is 0.884. The third-order valence-corrected chi connectivity index (χ3v) is 3.94. The van der Waals surface area contributed by atoms with Crippen molar-refractivity contribution in [2.45, 2.75) is 45.3 Å². The zero-order chi connectivity index (χ0) is 16.2. The minimum Gasteiger partial charge on any atom is -0.487 e. The van der Waals surface area contributed by atoms with Crippen molar-refractivity contribution >= 4 is 5.91 Å². The molecule has 1 amide bonds. The van der Waals surface area contributed by atoms with Crippen LogP contribution in [0.3, 0.4) is 0 Å². The molecule has 0 radical (unpaired) electrons. The molecule has 1 heterocycles. The van der Waals surface area contributed by atoms with Crippen LogP contribution in [0.15, 0.2) is 28.8 Å². The van der Waals surface area contributed by atoms with Gasteiger partial charge in [-0.05, 0) is 50.5 Å². The molecule has 0 spiro atoms. The predicted octanol–water partition coefficient (Wildman–Crippen LogP) is 2.38. The highest BCUT2D eigenvalue weighted by atomic mass is 16.5. The van der Waals surface area contributed by atoms with Gasteiger partial charge in [0, 0.05) is 12.0 Å². The molecule has 1 atom stereocenters. The summed E-state index contributed by atoms with van der Waals surface area (Å²) in [5.74, 6) is 1.78. The van der Waals surface area contributed by atoms with E-state index in [1.165, 1.54) is 12.0 Å². The summed E-state index contributed by atoms with van der Waals surface area (Å²) in [5, 5.41) is 4.11. The van der Waals surface area contributed by atoms with Gasteiger partial charge in [-0.25, -0.2) is 0 Å². The molecule has 2 N–H and O–H groups in total. The first-order chi connectivity index (χ1) is 11.1. The molecule has 2 aromatic rings. The van der Waals surface area contributed by atoms with Gasteiger partial charge in [-0.1, -0.05) is 5.16 Å². The molecule has 6 nitrogen and oxygen atoms in total. The van der Waals surface area contributed by atoms with Crippen LogP contribution in [0.2, 0.25) is 0 Å². The summed E-state index contributed by atoms with van der Waals surface area (Å²) in [5.41, 5.74) is 7.24. The van der Waals surface area contributed by atoms with Crippen LogP contribution in [-0.4, -0.2) is 17.2 Å². The fourth-order valence-corrected chi connectivity index (χ4v) is 2.59. The van der Waals surface area contributed by atoms with Gasteiger partial charge in [-0.2, -0.15) is 0 Å². The molecule has 3 rings (SSSR count). The molecule has 1 aromatic heterocycles. The molecule has 122 valence electrons. The first-order valence-corrected chi connectivity index (χ1v) is 7.78. The van der Waals surface area contributed by atoms with Gasteiger partial charge in [0.25, 0.3) is 5.91 Å². The van der Waals surface area contributed by atoms with E-state index in [1.807, 2.05) is 0 Å². The number of ether oxygens (including phenoxy) is 2. The minimum absolute atomic E-state index is 0.386. The van der Waals surface area contributed by atoms with Crippen molar-refractivity contribution in [3.63, 3.8) is 0 Å². The normalized spacial score (nSPS) is 14.8. The van der Waals surface area contributed by atoms with Crippen LogP contribution < -0.4 is 15.2 Å². The Bertz CT molecular complexity index is 678. The monoisotopic (exact) mass is 316 g/mol. The van der Waals surface area contributed by atoms with Crippen molar-refractivity contribution in [3.8, 4) is 11.5 Å². The first-order valence-electron chi connectivity index (χ1n) is 7.78. The summed E-state index contributed by atoms with van der Waals surface area (Å²) in [4.78, 5) is 11.0. The average molecular weight is 316 g/mol. The second-order valence-corrected chi connectivity index (χ2v) is 5.66. The first kappa shape index (κ1) is 15.4. The molecular weight excluding hydrogens is 296 g/mol. The smallest absolute Gasteiger partial charge is 0.258 e. The lowest BCUT2D eigenvalue weighted by atomic mass is 9.97. The number of benzene rings is 1. The van der Waals surface area contributed by atoms with Crippen LogP contribution in [0.25, 0.3) is 0 Å². The highest BCUT2D eigenvalue weighted by Crippen LogP contribution is 2.25. The van der Waals surface area contributed by atoms with Gasteiger partial charge in [0.05, 0.1) is 0 Å². The topological polar surface area (TPSA) is 87.6 Å². The maximum absolute atomic E-state index is 11.0. The summed E-state index contributed by atoms with van der Waals surface area (Å²) in [7, 11) is 0. The van der Waals surface area contributed by atoms with E-state index in [0.29, 0.717) is 18.1 Å². The van der Waals surface area contributed by atoms with Crippen LogP contribution in [-0.2, 0) is 24.2 Å². The Hall–Kier alpha value is -2.50. The number of rotatable bonds is 6. The Labute approximate surface area is 134 Å². The molecule has 6 heteroatoms. The van der Waals surface area contributed by atoms with Crippen LogP contribution in [0, 0.1) is 0 Å². The largest absolute Gasteiger partial charge is 0.487 e. The van der Waals surface area contributed by atoms with E-state index >= 15 is 0 Å². The summed E-state index contributed by atoms with van der Waals surface area (Å²) in [6.45, 7) is 2.00. The van der Waals surface area contributed by atoms with E-state index in [1.54, 1.807) is 31.2 Å². The van der Waals surface area contributed by atoms with Gasteiger partial charge >= 0.3 is 0 Å². The van der Waals surface area contributed by atoms with Crippen LogP contribution in [0.4, 0.5) is 0 Å². The molecule has 0 saturated heterocycles. The van der Waals surface area contributed by atoms with Crippen molar-refractivity contribution in [2.24, 2.45) is 5.73 Å². The zero-order valence-electron chi connectivity index (χ0n) is 13.1. The summed E-state index contributed by atoms with van der Waals surface area (Å²) in [6.07, 6.45) is 3.64. The average Bonchev–Trinajstić information content (AvgIpc) is 2.97. The van der Waals surface area contributed by atoms with Gasteiger partial charge in [0.2, 0.25) is 0 Å². The molecule has 1 aliphatic rings. The SMILES string of the molecule is C[C@@H](Oc1ccc(OCc2noc3c2CCCC3)cc1)C(N)=O. The molecule has 1 aromatic carbocycles. The number of primary amides is 1. The van der Waals surface area contributed by atoms with E-state index in [4.69, 9.17) is 19.7 Å². The Kier molecular flexibility index (Phi) is 4.50. The van der Waals surface area contributed by atoms with Crippen LogP contribution >= 0.6 is 0 Å². The molecule has 0 aliphatic heterocycles. The third kappa shape index (κ3) is 3.64. The molecule has 0 saturated carbocycles. The predicted molar refractivity (Wildman–Crippen MR) is 83.2 cm³/mol. The number of nitrogens with two attached hydrogens (primary N) is 1. The van der Waals surface area contributed by atoms with E-state index in [9.17, 15) is 4.79 Å². The number of amides is 1. The van der Waals surface area contributed by atoms with Crippen molar-refractivity contribution in [3.05, 3.63) is 41.3 Å². The molecule has 0 fully saturated rings. The molecular formula is C17H20N2O4. The number of hydrogen-bond donors (Lipinski definition) is 1. The van der Waals surface area contributed by atoms with E-state index in [2.05, 4.69) is 5.16 Å². The second kappa shape index (κ2) is 6.73. The van der Waals surface area contributed by atoms with Gasteiger partial charge in [-0.15, -0.1) is 0 Å². The lowest BCUT2D eigenvalue weighted by Crippen LogP contribution is -2.30. The number of carbonyl (C=O) groups is 1. The maximum Gasteiger partial charge on any atom is 0.258 e. The number of carbonyl (C=O) groups excluding carboxylic acids is 1. The Morgan fingerprint density at radius 1 is 1.26 bits per heavy atom. The summed E-state index contributed by atoms with van der Waals surface area (Å²) < 4.78 is 16.5. The lowest BCUT2D eigenvalue weighted by molar-refractivity contribution is -0.123. The molecule has 23 heavy (non-hydrogen) atoms. The number of nitrogens with zero attached hydrogens (tertiary/aromatic N) is 1. The Morgan fingerprint density at radius 2 is 1.96 bits per heavy atom. The number of fused-ring (bicyclic) bond motifs is 1. The van der Waals surface area contributed by atoms with E-state index < -0.39 is 12.0 Å². The Morgan fingerprint density at radius 3 is 2.70 bits per heavy atom. The molecule has 1 aliphatic carbocycles. The summed E-state index contributed by atoms with van der Waals surface area (Å²) >= 11 is 0. The standard InChI is InChI=1S/C17H20N2O4/c1-11(17(18)20)22-13-8-6-12(7-9-13)21-10-15-14-4-2-3-5-16(14)23-19-15/h6-9,11H,2-5,10H2,1H3,(H2,18,20)/t11-/m1/s1. The fraction of sp³-hybridized carbons (Fsp3) is 0.412. The van der Waals surface area contributed by atoms with Gasteiger partial charge < -0.3 is 19.7 Å². The fourth-order valence-electron chi connectivity index (χ4n) is 2.59. The van der Waals surface area contributed by atoms with E-state index in [0.717, 1.165) is 30.7 Å². The van der Waals surface area contributed by atoms with Crippen molar-refractivity contribution < 1.29 is 18.8 Å². The van der Waals surface area contributed by atoms with E-state index in [-0.39, 0.29) is 0 Å². The number of hydrogen-bond acceptors (Lipinski definition) is 5. The van der Waals surface area contributed by atoms with Gasteiger partial charge in [0.15, 0.2) is 6.10 Å². The van der Waals surface area contributed by atoms with Crippen LogP contribution in [0.1, 0.15) is 36.8 Å². The second-order valence-electron chi connectivity index (χ2n) is 5.66.